The van der Waals surface area contributed by atoms with Gasteiger partial charge >= 0.3 is 5.97 Å². The molecule has 2 N–H and O–H groups in total. The minimum Gasteiger partial charge on any atom is -0.495 e. The van der Waals surface area contributed by atoms with Crippen molar-refractivity contribution in [1.82, 2.24) is 4.72 Å². The highest BCUT2D eigenvalue weighted by Crippen LogP contribution is 2.27. The Hall–Kier alpha value is -1.65. The van der Waals surface area contributed by atoms with Gasteiger partial charge in [-0.2, -0.15) is 0 Å². The summed E-state index contributed by atoms with van der Waals surface area (Å²) in [5.74, 6) is -1.95. The Morgan fingerprint density at radius 3 is 2.28 bits per heavy atom. The molecule has 0 spiro atoms. The Labute approximate surface area is 148 Å². The number of hydrogen-bond donors (Lipinski definition) is 2. The molecule has 142 valence electrons. The second-order valence-electron chi connectivity index (χ2n) is 6.10. The average Bonchev–Trinajstić information content (AvgIpc) is 2.49. The second kappa shape index (κ2) is 8.15. The lowest BCUT2D eigenvalue weighted by atomic mass is 9.98. The van der Waals surface area contributed by atoms with Gasteiger partial charge in [0.15, 0.2) is 9.84 Å². The van der Waals surface area contributed by atoms with Gasteiger partial charge < -0.3 is 9.84 Å². The molecule has 1 unspecified atom stereocenters. The Morgan fingerprint density at radius 2 is 1.84 bits per heavy atom. The van der Waals surface area contributed by atoms with Crippen LogP contribution in [0.4, 0.5) is 0 Å². The van der Waals surface area contributed by atoms with Crippen molar-refractivity contribution < 1.29 is 31.5 Å². The van der Waals surface area contributed by atoms with E-state index < -0.39 is 31.7 Å². The van der Waals surface area contributed by atoms with Gasteiger partial charge in [0, 0.05) is 12.8 Å². The number of aliphatic carboxylic acids is 1. The Morgan fingerprint density at radius 1 is 1.24 bits per heavy atom. The van der Waals surface area contributed by atoms with Gasteiger partial charge in [0.1, 0.15) is 10.6 Å². The molecule has 1 aromatic carbocycles. The number of benzene rings is 1. The molecule has 0 saturated heterocycles. The van der Waals surface area contributed by atoms with E-state index in [9.17, 15) is 26.7 Å². The molecule has 1 aromatic rings. The maximum absolute atomic E-state index is 12.5. The van der Waals surface area contributed by atoms with E-state index >= 15 is 0 Å². The minimum absolute atomic E-state index is 0.0318. The van der Waals surface area contributed by atoms with E-state index in [4.69, 9.17) is 4.74 Å². The molecule has 0 saturated carbocycles. The van der Waals surface area contributed by atoms with Crippen LogP contribution in [0.25, 0.3) is 0 Å². The molecule has 1 rings (SSSR count). The van der Waals surface area contributed by atoms with E-state index in [1.54, 1.807) is 0 Å². The van der Waals surface area contributed by atoms with E-state index in [1.807, 2.05) is 13.8 Å². The van der Waals surface area contributed by atoms with E-state index in [2.05, 4.69) is 4.72 Å². The van der Waals surface area contributed by atoms with E-state index in [0.29, 0.717) is 6.42 Å². The van der Waals surface area contributed by atoms with Gasteiger partial charge in [-0.25, -0.2) is 21.6 Å². The summed E-state index contributed by atoms with van der Waals surface area (Å²) in [4.78, 5) is 10.7. The molecule has 0 heterocycles. The van der Waals surface area contributed by atoms with Crippen LogP contribution in [-0.4, -0.2) is 47.8 Å². The van der Waals surface area contributed by atoms with E-state index in [1.165, 1.54) is 19.2 Å². The summed E-state index contributed by atoms with van der Waals surface area (Å²) in [7, 11) is -6.51. The van der Waals surface area contributed by atoms with Crippen LogP contribution in [-0.2, 0) is 24.7 Å². The standard InChI is InChI=1S/C15H23NO7S2/c1-10(2)7-11(15(17)18)9-16-25(21,22)14-8-12(24(4,19)20)5-6-13(14)23-3/h5-6,8,10-11,16H,7,9H2,1-4H3,(H,17,18). The zero-order valence-electron chi connectivity index (χ0n) is 14.5. The molecule has 10 heteroatoms. The normalized spacial score (nSPS) is 13.6. The summed E-state index contributed by atoms with van der Waals surface area (Å²) in [5, 5.41) is 9.20. The van der Waals surface area contributed by atoms with Crippen molar-refractivity contribution >= 4 is 25.8 Å². The summed E-state index contributed by atoms with van der Waals surface area (Å²) in [5.41, 5.74) is 0. The van der Waals surface area contributed by atoms with Crippen LogP contribution in [0.15, 0.2) is 28.0 Å². The molecule has 0 amide bonds. The molecule has 25 heavy (non-hydrogen) atoms. The third-order valence-corrected chi connectivity index (χ3v) is 6.03. The lowest BCUT2D eigenvalue weighted by molar-refractivity contribution is -0.142. The van der Waals surface area contributed by atoms with Gasteiger partial charge in [-0.3, -0.25) is 4.79 Å². The Kier molecular flexibility index (Phi) is 6.98. The van der Waals surface area contributed by atoms with Crippen molar-refractivity contribution in [1.29, 1.82) is 0 Å². The first-order chi connectivity index (χ1) is 11.4. The van der Waals surface area contributed by atoms with Crippen molar-refractivity contribution in [2.75, 3.05) is 19.9 Å². The Balaban J connectivity index is 3.18. The maximum Gasteiger partial charge on any atom is 0.307 e. The summed E-state index contributed by atoms with van der Waals surface area (Å²) in [6.07, 6.45) is 1.26. The first kappa shape index (κ1) is 21.4. The van der Waals surface area contributed by atoms with Crippen LogP contribution < -0.4 is 9.46 Å². The molecule has 8 nitrogen and oxygen atoms in total. The summed E-state index contributed by atoms with van der Waals surface area (Å²) < 4.78 is 55.6. The highest BCUT2D eigenvalue weighted by molar-refractivity contribution is 7.91. The number of carboxylic acids is 1. The van der Waals surface area contributed by atoms with Gasteiger partial charge in [0.05, 0.1) is 17.9 Å². The number of methoxy groups -OCH3 is 1. The zero-order chi connectivity index (χ0) is 19.4. The fraction of sp³-hybridized carbons (Fsp3) is 0.533. The molecule has 1 atom stereocenters. The number of carbonyl (C=O) groups is 1. The number of nitrogens with one attached hydrogen (secondary N) is 1. The number of sulfonamides is 1. The topological polar surface area (TPSA) is 127 Å². The van der Waals surface area contributed by atoms with Crippen molar-refractivity contribution in [3.8, 4) is 5.75 Å². The summed E-state index contributed by atoms with van der Waals surface area (Å²) >= 11 is 0. The smallest absolute Gasteiger partial charge is 0.307 e. The number of hydrogen-bond acceptors (Lipinski definition) is 6. The summed E-state index contributed by atoms with van der Waals surface area (Å²) in [6, 6.07) is 3.48. The average molecular weight is 393 g/mol. The third kappa shape index (κ3) is 5.98. The highest BCUT2D eigenvalue weighted by Gasteiger charge is 2.26. The van der Waals surface area contributed by atoms with Crippen molar-refractivity contribution in [3.63, 3.8) is 0 Å². The SMILES string of the molecule is COc1ccc(S(C)(=O)=O)cc1S(=O)(=O)NCC(CC(C)C)C(=O)O. The number of ether oxygens (including phenoxy) is 1. The number of sulfone groups is 1. The van der Waals surface area contributed by atoms with Crippen LogP contribution in [0.3, 0.4) is 0 Å². The Bertz CT molecular complexity index is 829. The lowest BCUT2D eigenvalue weighted by Gasteiger charge is -2.17. The van der Waals surface area contributed by atoms with Crippen LogP contribution in [0.2, 0.25) is 0 Å². The molecule has 0 aromatic heterocycles. The molecule has 0 radical (unpaired) electrons. The molecule has 0 bridgehead atoms. The second-order valence-corrected chi connectivity index (χ2v) is 9.85. The van der Waals surface area contributed by atoms with Crippen LogP contribution in [0.1, 0.15) is 20.3 Å². The monoisotopic (exact) mass is 393 g/mol. The predicted molar refractivity (Wildman–Crippen MR) is 91.9 cm³/mol. The third-order valence-electron chi connectivity index (χ3n) is 3.48. The molecular formula is C15H23NO7S2. The van der Waals surface area contributed by atoms with Crippen LogP contribution in [0, 0.1) is 11.8 Å². The minimum atomic E-state index is -4.15. The van der Waals surface area contributed by atoms with E-state index in [-0.39, 0.29) is 28.0 Å². The van der Waals surface area contributed by atoms with Crippen LogP contribution in [0.5, 0.6) is 5.75 Å². The van der Waals surface area contributed by atoms with Gasteiger partial charge in [0.2, 0.25) is 10.0 Å². The van der Waals surface area contributed by atoms with Crippen LogP contribution >= 0.6 is 0 Å². The number of carboxylic acid groups (broad SMARTS) is 1. The highest BCUT2D eigenvalue weighted by atomic mass is 32.2. The molecule has 0 aliphatic rings. The van der Waals surface area contributed by atoms with E-state index in [0.717, 1.165) is 12.3 Å². The van der Waals surface area contributed by atoms with Gasteiger partial charge in [-0.1, -0.05) is 13.8 Å². The molecule has 0 fully saturated rings. The quantitative estimate of drug-likeness (QED) is 0.644. The van der Waals surface area contributed by atoms with Crippen molar-refractivity contribution in [3.05, 3.63) is 18.2 Å². The zero-order valence-corrected chi connectivity index (χ0v) is 16.1. The maximum atomic E-state index is 12.5. The lowest BCUT2D eigenvalue weighted by Crippen LogP contribution is -2.34. The molecule has 0 aliphatic carbocycles. The largest absolute Gasteiger partial charge is 0.495 e. The van der Waals surface area contributed by atoms with Gasteiger partial charge in [-0.05, 0) is 30.5 Å². The predicted octanol–water partition coefficient (Wildman–Crippen LogP) is 1.12. The fourth-order valence-corrected chi connectivity index (χ4v) is 4.22. The number of rotatable bonds is 9. The van der Waals surface area contributed by atoms with Gasteiger partial charge in [-0.15, -0.1) is 0 Å². The summed E-state index contributed by atoms with van der Waals surface area (Å²) in [6.45, 7) is 3.37. The van der Waals surface area contributed by atoms with Crippen molar-refractivity contribution in [2.24, 2.45) is 11.8 Å². The van der Waals surface area contributed by atoms with Crippen molar-refractivity contribution in [2.45, 2.75) is 30.1 Å². The molecular weight excluding hydrogens is 370 g/mol. The van der Waals surface area contributed by atoms with Gasteiger partial charge in [0.25, 0.3) is 0 Å². The first-order valence-electron chi connectivity index (χ1n) is 7.49. The molecule has 0 aliphatic heterocycles. The fourth-order valence-electron chi connectivity index (χ4n) is 2.23. The first-order valence-corrected chi connectivity index (χ1v) is 10.9.